The highest BCUT2D eigenvalue weighted by Crippen LogP contribution is 2.04. The molecular formula is C12H15N5O4. The molecule has 2 aromatic heterocycles. The fourth-order valence-corrected chi connectivity index (χ4v) is 1.83. The van der Waals surface area contributed by atoms with Crippen molar-refractivity contribution in [2.75, 3.05) is 6.54 Å². The first-order valence-corrected chi connectivity index (χ1v) is 6.45. The number of hydrogen-bond donors (Lipinski definition) is 3. The van der Waals surface area contributed by atoms with Crippen LogP contribution in [0.4, 0.5) is 0 Å². The molecule has 2 heterocycles. The molecule has 9 heteroatoms. The Morgan fingerprint density at radius 1 is 1.33 bits per heavy atom. The number of aryl methyl sites for hydroxylation is 1. The number of carbonyl (C=O) groups excluding carboxylic acids is 1. The smallest absolute Gasteiger partial charge is 0.303 e. The van der Waals surface area contributed by atoms with Gasteiger partial charge in [-0.15, -0.1) is 0 Å². The number of carboxylic acids is 1. The lowest BCUT2D eigenvalue weighted by molar-refractivity contribution is -0.137. The van der Waals surface area contributed by atoms with E-state index in [1.54, 1.807) is 4.57 Å². The summed E-state index contributed by atoms with van der Waals surface area (Å²) < 4.78 is 1.63. The lowest BCUT2D eigenvalue weighted by Gasteiger charge is -2.05. The van der Waals surface area contributed by atoms with Gasteiger partial charge in [-0.1, -0.05) is 0 Å². The van der Waals surface area contributed by atoms with Gasteiger partial charge >= 0.3 is 5.97 Å². The van der Waals surface area contributed by atoms with Crippen LogP contribution in [-0.2, 0) is 16.1 Å². The minimum absolute atomic E-state index is 0.0269. The fraction of sp³-hybridized carbons (Fsp3) is 0.417. The van der Waals surface area contributed by atoms with E-state index in [9.17, 15) is 14.4 Å². The van der Waals surface area contributed by atoms with Crippen LogP contribution in [0.5, 0.6) is 0 Å². The van der Waals surface area contributed by atoms with Crippen LogP contribution in [0.25, 0.3) is 11.2 Å². The van der Waals surface area contributed by atoms with Crippen LogP contribution >= 0.6 is 0 Å². The number of aromatic amines is 1. The summed E-state index contributed by atoms with van der Waals surface area (Å²) in [6, 6.07) is 0. The van der Waals surface area contributed by atoms with Crippen molar-refractivity contribution in [3.63, 3.8) is 0 Å². The van der Waals surface area contributed by atoms with E-state index in [0.717, 1.165) is 0 Å². The zero-order chi connectivity index (χ0) is 15.2. The maximum Gasteiger partial charge on any atom is 0.303 e. The normalized spacial score (nSPS) is 10.7. The molecule has 0 unspecified atom stereocenters. The molecule has 2 aromatic rings. The van der Waals surface area contributed by atoms with Crippen molar-refractivity contribution < 1.29 is 14.7 Å². The molecule has 21 heavy (non-hydrogen) atoms. The molecule has 0 radical (unpaired) electrons. The Morgan fingerprint density at radius 2 is 2.14 bits per heavy atom. The largest absolute Gasteiger partial charge is 0.481 e. The first-order chi connectivity index (χ1) is 10.1. The molecule has 0 spiro atoms. The van der Waals surface area contributed by atoms with Crippen LogP contribution in [0.1, 0.15) is 19.3 Å². The number of nitrogens with zero attached hydrogens (tertiary/aromatic N) is 3. The summed E-state index contributed by atoms with van der Waals surface area (Å²) >= 11 is 0. The van der Waals surface area contributed by atoms with Gasteiger partial charge in [-0.2, -0.15) is 0 Å². The van der Waals surface area contributed by atoms with Gasteiger partial charge in [-0.05, 0) is 6.42 Å². The summed E-state index contributed by atoms with van der Waals surface area (Å²) in [5.41, 5.74) is 0.341. The number of fused-ring (bicyclic) bond motifs is 1. The third-order valence-electron chi connectivity index (χ3n) is 2.88. The first-order valence-electron chi connectivity index (χ1n) is 6.45. The van der Waals surface area contributed by atoms with E-state index >= 15 is 0 Å². The topological polar surface area (TPSA) is 130 Å². The molecule has 0 aromatic carbocycles. The number of carboxylic acid groups (broad SMARTS) is 1. The van der Waals surface area contributed by atoms with Crippen molar-refractivity contribution in [3.05, 3.63) is 23.0 Å². The Hall–Kier alpha value is -2.71. The summed E-state index contributed by atoms with van der Waals surface area (Å²) in [4.78, 5) is 43.8. The standard InChI is InChI=1S/C12H15N5O4/c18-8(13-4-1-2-9(19)20)3-5-17-7-16-10-11(17)14-6-15-12(10)21/h6-7H,1-5H2,(H,13,18)(H,19,20)(H,14,15,21). The highest BCUT2D eigenvalue weighted by molar-refractivity contribution is 5.76. The van der Waals surface area contributed by atoms with Crippen LogP contribution in [0, 0.1) is 0 Å². The number of amides is 1. The highest BCUT2D eigenvalue weighted by Gasteiger charge is 2.08. The molecular weight excluding hydrogens is 278 g/mol. The Kier molecular flexibility index (Phi) is 4.64. The summed E-state index contributed by atoms with van der Waals surface area (Å²) in [5, 5.41) is 11.1. The summed E-state index contributed by atoms with van der Waals surface area (Å²) in [6.07, 6.45) is 3.37. The van der Waals surface area contributed by atoms with Crippen molar-refractivity contribution in [1.29, 1.82) is 0 Å². The minimum atomic E-state index is -0.884. The SMILES string of the molecule is O=C(O)CCCNC(=O)CCn1cnc2c(=O)[nH]cnc21. The molecule has 0 fully saturated rings. The predicted molar refractivity (Wildman–Crippen MR) is 72.6 cm³/mol. The second-order valence-corrected chi connectivity index (χ2v) is 4.44. The molecule has 0 aliphatic heterocycles. The average molecular weight is 293 g/mol. The maximum atomic E-state index is 11.6. The number of carbonyl (C=O) groups is 2. The Balaban J connectivity index is 1.84. The number of nitrogens with one attached hydrogen (secondary N) is 2. The number of aromatic nitrogens is 4. The van der Waals surface area contributed by atoms with Crippen molar-refractivity contribution in [2.45, 2.75) is 25.8 Å². The Morgan fingerprint density at radius 3 is 2.90 bits per heavy atom. The third-order valence-corrected chi connectivity index (χ3v) is 2.88. The third kappa shape index (κ3) is 3.88. The molecule has 3 N–H and O–H groups in total. The summed E-state index contributed by atoms with van der Waals surface area (Å²) in [7, 11) is 0. The molecule has 0 atom stereocenters. The van der Waals surface area contributed by atoms with E-state index in [2.05, 4.69) is 20.3 Å². The van der Waals surface area contributed by atoms with Crippen LogP contribution in [0.3, 0.4) is 0 Å². The van der Waals surface area contributed by atoms with E-state index in [-0.39, 0.29) is 29.8 Å². The van der Waals surface area contributed by atoms with Gasteiger partial charge in [-0.25, -0.2) is 9.97 Å². The van der Waals surface area contributed by atoms with Crippen molar-refractivity contribution in [2.24, 2.45) is 0 Å². The summed E-state index contributed by atoms with van der Waals surface area (Å²) in [6.45, 7) is 0.672. The van der Waals surface area contributed by atoms with Gasteiger partial charge in [0.2, 0.25) is 5.91 Å². The Labute approximate surface area is 119 Å². The predicted octanol–water partition coefficient (Wildman–Crippen LogP) is -0.509. The van der Waals surface area contributed by atoms with Crippen LogP contribution in [0.2, 0.25) is 0 Å². The number of imidazole rings is 1. The first kappa shape index (κ1) is 14.7. The monoisotopic (exact) mass is 293 g/mol. The molecule has 0 aliphatic carbocycles. The van der Waals surface area contributed by atoms with Gasteiger partial charge in [0, 0.05) is 25.9 Å². The molecule has 0 bridgehead atoms. The number of rotatable bonds is 7. The fourth-order valence-electron chi connectivity index (χ4n) is 1.83. The van der Waals surface area contributed by atoms with Crippen LogP contribution in [-0.4, -0.2) is 43.0 Å². The lowest BCUT2D eigenvalue weighted by Crippen LogP contribution is -2.25. The van der Waals surface area contributed by atoms with E-state index < -0.39 is 5.97 Å². The number of H-pyrrole nitrogens is 1. The second kappa shape index (κ2) is 6.64. The number of aliphatic carboxylic acids is 1. The van der Waals surface area contributed by atoms with Gasteiger partial charge in [0.25, 0.3) is 5.56 Å². The maximum absolute atomic E-state index is 11.6. The molecule has 0 saturated carbocycles. The lowest BCUT2D eigenvalue weighted by atomic mass is 10.3. The van der Waals surface area contributed by atoms with Gasteiger partial charge < -0.3 is 20.0 Å². The zero-order valence-electron chi connectivity index (χ0n) is 11.2. The second-order valence-electron chi connectivity index (χ2n) is 4.44. The average Bonchev–Trinajstić information content (AvgIpc) is 2.86. The van der Waals surface area contributed by atoms with E-state index in [1.807, 2.05) is 0 Å². The van der Waals surface area contributed by atoms with Gasteiger partial charge in [0.15, 0.2) is 11.2 Å². The van der Waals surface area contributed by atoms with E-state index in [0.29, 0.717) is 25.2 Å². The molecule has 2 rings (SSSR count). The summed E-state index contributed by atoms with van der Waals surface area (Å²) in [5.74, 6) is -1.07. The molecule has 0 aliphatic rings. The van der Waals surface area contributed by atoms with E-state index in [4.69, 9.17) is 5.11 Å². The van der Waals surface area contributed by atoms with Crippen LogP contribution < -0.4 is 10.9 Å². The van der Waals surface area contributed by atoms with Crippen molar-refractivity contribution in [3.8, 4) is 0 Å². The molecule has 0 saturated heterocycles. The Bertz CT molecular complexity index is 705. The van der Waals surface area contributed by atoms with E-state index in [1.165, 1.54) is 12.7 Å². The zero-order valence-corrected chi connectivity index (χ0v) is 11.2. The quantitative estimate of drug-likeness (QED) is 0.589. The van der Waals surface area contributed by atoms with Gasteiger partial charge in [0.05, 0.1) is 12.7 Å². The molecule has 9 nitrogen and oxygen atoms in total. The molecule has 1 amide bonds. The number of hydrogen-bond acceptors (Lipinski definition) is 5. The van der Waals surface area contributed by atoms with Crippen molar-refractivity contribution in [1.82, 2.24) is 24.8 Å². The molecule has 112 valence electrons. The van der Waals surface area contributed by atoms with Gasteiger partial charge in [0.1, 0.15) is 0 Å². The van der Waals surface area contributed by atoms with Crippen molar-refractivity contribution >= 4 is 23.0 Å². The van der Waals surface area contributed by atoms with Crippen LogP contribution in [0.15, 0.2) is 17.4 Å². The van der Waals surface area contributed by atoms with Gasteiger partial charge in [-0.3, -0.25) is 14.4 Å². The minimum Gasteiger partial charge on any atom is -0.481 e. The highest BCUT2D eigenvalue weighted by atomic mass is 16.4.